The first-order valence-electron chi connectivity index (χ1n) is 6.98. The average molecular weight is 256 g/mol. The van der Waals surface area contributed by atoms with Crippen molar-refractivity contribution in [3.05, 3.63) is 35.9 Å². The summed E-state index contributed by atoms with van der Waals surface area (Å²) in [4.78, 5) is 2.42. The van der Waals surface area contributed by atoms with Crippen molar-refractivity contribution in [2.75, 3.05) is 19.6 Å². The Labute approximate surface area is 117 Å². The molecule has 102 valence electrons. The summed E-state index contributed by atoms with van der Waals surface area (Å²) < 4.78 is 0. The first kappa shape index (κ1) is 14.1. The molecule has 1 fully saturated rings. The second kappa shape index (κ2) is 5.77. The van der Waals surface area contributed by atoms with E-state index in [1.165, 1.54) is 5.56 Å². The summed E-state index contributed by atoms with van der Waals surface area (Å²) in [6.45, 7) is 9.53. The third-order valence-corrected chi connectivity index (χ3v) is 3.94. The van der Waals surface area contributed by atoms with Gasteiger partial charge in [-0.15, -0.1) is 6.42 Å². The van der Waals surface area contributed by atoms with E-state index in [-0.39, 0.29) is 5.41 Å². The van der Waals surface area contributed by atoms with Crippen molar-refractivity contribution < 1.29 is 0 Å². The van der Waals surface area contributed by atoms with Crippen LogP contribution in [0.1, 0.15) is 32.4 Å². The molecule has 2 heteroatoms. The zero-order valence-electron chi connectivity index (χ0n) is 12.2. The van der Waals surface area contributed by atoms with Gasteiger partial charge in [-0.25, -0.2) is 0 Å². The molecule has 1 aromatic rings. The largest absolute Gasteiger partial charge is 0.310 e. The molecule has 2 nitrogen and oxygen atoms in total. The van der Waals surface area contributed by atoms with Crippen molar-refractivity contribution in [3.63, 3.8) is 0 Å². The standard InChI is InChI=1S/C17H24N2/c1-5-11-19-13-16(17(2,3)4)18-12-15(19)14-9-7-6-8-10-14/h1,6-10,15-16,18H,11-13H2,2-4H3. The van der Waals surface area contributed by atoms with Crippen LogP contribution in [0.4, 0.5) is 0 Å². The summed E-state index contributed by atoms with van der Waals surface area (Å²) in [5.74, 6) is 2.81. The SMILES string of the molecule is C#CCN1CC(C(C)(C)C)NCC1c1ccccc1. The molecule has 0 saturated carbocycles. The summed E-state index contributed by atoms with van der Waals surface area (Å²) >= 11 is 0. The van der Waals surface area contributed by atoms with Crippen molar-refractivity contribution in [1.82, 2.24) is 10.2 Å². The molecule has 0 aliphatic carbocycles. The third kappa shape index (κ3) is 3.37. The number of rotatable bonds is 2. The van der Waals surface area contributed by atoms with Gasteiger partial charge in [0.2, 0.25) is 0 Å². The Morgan fingerprint density at radius 2 is 2.00 bits per heavy atom. The molecule has 1 saturated heterocycles. The molecule has 2 rings (SSSR count). The van der Waals surface area contributed by atoms with Crippen LogP contribution in [0, 0.1) is 17.8 Å². The van der Waals surface area contributed by atoms with Gasteiger partial charge in [0.05, 0.1) is 6.54 Å². The summed E-state index contributed by atoms with van der Waals surface area (Å²) in [6, 6.07) is 11.5. The first-order chi connectivity index (χ1) is 9.02. The van der Waals surface area contributed by atoms with Crippen LogP contribution >= 0.6 is 0 Å². The van der Waals surface area contributed by atoms with E-state index < -0.39 is 0 Å². The van der Waals surface area contributed by atoms with E-state index >= 15 is 0 Å². The minimum absolute atomic E-state index is 0.258. The summed E-state index contributed by atoms with van der Waals surface area (Å²) in [7, 11) is 0. The molecule has 2 atom stereocenters. The fourth-order valence-electron chi connectivity index (χ4n) is 2.69. The molecule has 1 aliphatic heterocycles. The highest BCUT2D eigenvalue weighted by Gasteiger charge is 2.34. The molecule has 1 heterocycles. The lowest BCUT2D eigenvalue weighted by Crippen LogP contribution is -2.57. The first-order valence-corrected chi connectivity index (χ1v) is 6.98. The van der Waals surface area contributed by atoms with Gasteiger partial charge in [0.1, 0.15) is 0 Å². The smallest absolute Gasteiger partial charge is 0.0605 e. The minimum atomic E-state index is 0.258. The second-order valence-electron chi connectivity index (χ2n) is 6.39. The van der Waals surface area contributed by atoms with Gasteiger partial charge in [0.25, 0.3) is 0 Å². The predicted molar refractivity (Wildman–Crippen MR) is 80.8 cm³/mol. The Hall–Kier alpha value is -1.30. The molecule has 1 aliphatic rings. The molecule has 0 radical (unpaired) electrons. The van der Waals surface area contributed by atoms with Crippen LogP contribution in [0.3, 0.4) is 0 Å². The minimum Gasteiger partial charge on any atom is -0.310 e. The molecular weight excluding hydrogens is 232 g/mol. The van der Waals surface area contributed by atoms with Gasteiger partial charge in [-0.05, 0) is 11.0 Å². The molecule has 0 aromatic heterocycles. The highest BCUT2D eigenvalue weighted by Crippen LogP contribution is 2.29. The zero-order valence-corrected chi connectivity index (χ0v) is 12.2. The molecule has 2 unspecified atom stereocenters. The van der Waals surface area contributed by atoms with E-state index in [9.17, 15) is 0 Å². The van der Waals surface area contributed by atoms with Gasteiger partial charge in [-0.1, -0.05) is 57.0 Å². The second-order valence-corrected chi connectivity index (χ2v) is 6.39. The molecule has 1 N–H and O–H groups in total. The quantitative estimate of drug-likeness (QED) is 0.818. The van der Waals surface area contributed by atoms with Crippen LogP contribution in [-0.2, 0) is 0 Å². The number of nitrogens with zero attached hydrogens (tertiary/aromatic N) is 1. The van der Waals surface area contributed by atoms with Crippen molar-refractivity contribution in [2.24, 2.45) is 5.41 Å². The highest BCUT2D eigenvalue weighted by atomic mass is 15.2. The number of piperazine rings is 1. The molecule has 0 spiro atoms. The molecular formula is C17H24N2. The van der Waals surface area contributed by atoms with Crippen LogP contribution in [0.2, 0.25) is 0 Å². The van der Waals surface area contributed by atoms with Crippen molar-refractivity contribution in [3.8, 4) is 12.3 Å². The van der Waals surface area contributed by atoms with E-state index in [1.54, 1.807) is 0 Å². The van der Waals surface area contributed by atoms with E-state index in [1.807, 2.05) is 0 Å². The van der Waals surface area contributed by atoms with E-state index in [0.717, 1.165) is 13.1 Å². The van der Waals surface area contributed by atoms with Gasteiger partial charge >= 0.3 is 0 Å². The van der Waals surface area contributed by atoms with Gasteiger partial charge in [0, 0.05) is 25.2 Å². The monoisotopic (exact) mass is 256 g/mol. The Morgan fingerprint density at radius 3 is 2.58 bits per heavy atom. The number of hydrogen-bond acceptors (Lipinski definition) is 2. The maximum Gasteiger partial charge on any atom is 0.0605 e. The Bertz CT molecular complexity index is 439. The van der Waals surface area contributed by atoms with Crippen LogP contribution in [0.25, 0.3) is 0 Å². The maximum absolute atomic E-state index is 5.54. The Morgan fingerprint density at radius 1 is 1.32 bits per heavy atom. The Kier molecular flexibility index (Phi) is 4.29. The highest BCUT2D eigenvalue weighted by molar-refractivity contribution is 5.21. The normalized spacial score (nSPS) is 24.9. The fourth-order valence-corrected chi connectivity index (χ4v) is 2.69. The van der Waals surface area contributed by atoms with Crippen LogP contribution in [0.15, 0.2) is 30.3 Å². The van der Waals surface area contributed by atoms with Gasteiger partial charge < -0.3 is 5.32 Å². The van der Waals surface area contributed by atoms with Crippen molar-refractivity contribution in [2.45, 2.75) is 32.9 Å². The average Bonchev–Trinajstić information content (AvgIpc) is 2.39. The topological polar surface area (TPSA) is 15.3 Å². The molecule has 19 heavy (non-hydrogen) atoms. The summed E-state index contributed by atoms with van der Waals surface area (Å²) in [5, 5.41) is 3.69. The van der Waals surface area contributed by atoms with Gasteiger partial charge in [-0.3, -0.25) is 4.90 Å². The number of terminal acetylenes is 1. The van der Waals surface area contributed by atoms with Crippen LogP contribution < -0.4 is 5.32 Å². The van der Waals surface area contributed by atoms with Gasteiger partial charge in [-0.2, -0.15) is 0 Å². The Balaban J connectivity index is 2.16. The molecule has 0 amide bonds. The third-order valence-electron chi connectivity index (χ3n) is 3.94. The molecule has 1 aromatic carbocycles. The van der Waals surface area contributed by atoms with E-state index in [2.05, 4.69) is 67.2 Å². The summed E-state index contributed by atoms with van der Waals surface area (Å²) in [6.07, 6.45) is 5.54. The zero-order chi connectivity index (χ0) is 13.9. The summed E-state index contributed by atoms with van der Waals surface area (Å²) in [5.41, 5.74) is 1.60. The van der Waals surface area contributed by atoms with E-state index in [0.29, 0.717) is 18.6 Å². The van der Waals surface area contributed by atoms with Gasteiger partial charge in [0.15, 0.2) is 0 Å². The lowest BCUT2D eigenvalue weighted by molar-refractivity contribution is 0.0975. The van der Waals surface area contributed by atoms with Crippen molar-refractivity contribution >= 4 is 0 Å². The van der Waals surface area contributed by atoms with Crippen LogP contribution in [0.5, 0.6) is 0 Å². The fraction of sp³-hybridized carbons (Fsp3) is 0.529. The maximum atomic E-state index is 5.54. The lowest BCUT2D eigenvalue weighted by atomic mass is 9.84. The van der Waals surface area contributed by atoms with E-state index in [4.69, 9.17) is 6.42 Å². The lowest BCUT2D eigenvalue weighted by Gasteiger charge is -2.44. The number of nitrogens with one attached hydrogen (secondary N) is 1. The van der Waals surface area contributed by atoms with Crippen molar-refractivity contribution in [1.29, 1.82) is 0 Å². The molecule has 0 bridgehead atoms. The van der Waals surface area contributed by atoms with Crippen LogP contribution in [-0.4, -0.2) is 30.6 Å². The number of benzene rings is 1. The number of hydrogen-bond donors (Lipinski definition) is 1. The predicted octanol–water partition coefficient (Wildman–Crippen LogP) is 2.68.